The fourth-order valence-corrected chi connectivity index (χ4v) is 7.41. The standard InChI is InChI=1S/C47H37N5/c1-3-32-15-11-13-21-42(32)51-31-40-39-20-12-14-22-43(39)52(44(40)41(51)4-2)47-49-45(37-27-23-35(24-28-37)33-16-7-5-8-17-33)48-46(50-47)38-29-25-36(26-30-38)34-18-9-6-10-19-34/h5-31H,3-4H2,1-2H3. The Labute approximate surface area is 303 Å². The van der Waals surface area contributed by atoms with Gasteiger partial charge in [0.05, 0.1) is 11.0 Å². The Morgan fingerprint density at radius 1 is 0.442 bits per heavy atom. The van der Waals surface area contributed by atoms with E-state index in [1.807, 2.05) is 12.1 Å². The molecule has 0 aliphatic heterocycles. The molecule has 5 heteroatoms. The van der Waals surface area contributed by atoms with E-state index in [0.717, 1.165) is 46.1 Å². The van der Waals surface area contributed by atoms with Gasteiger partial charge in [-0.3, -0.25) is 4.57 Å². The highest BCUT2D eigenvalue weighted by Gasteiger charge is 2.23. The molecule has 9 rings (SSSR count). The van der Waals surface area contributed by atoms with Crippen LogP contribution in [0.1, 0.15) is 25.1 Å². The summed E-state index contributed by atoms with van der Waals surface area (Å²) in [5.41, 5.74) is 12.4. The van der Waals surface area contributed by atoms with Crippen molar-refractivity contribution in [1.29, 1.82) is 0 Å². The summed E-state index contributed by atoms with van der Waals surface area (Å²) in [6.45, 7) is 4.45. The molecule has 6 aromatic carbocycles. The van der Waals surface area contributed by atoms with Crippen molar-refractivity contribution in [1.82, 2.24) is 24.1 Å². The van der Waals surface area contributed by atoms with Gasteiger partial charge in [0.15, 0.2) is 11.6 Å². The molecule has 0 fully saturated rings. The van der Waals surface area contributed by atoms with Crippen LogP contribution in [0, 0.1) is 0 Å². The van der Waals surface area contributed by atoms with E-state index in [2.05, 4.69) is 175 Å². The molecule has 9 aromatic rings. The third-order valence-corrected chi connectivity index (χ3v) is 10.0. The minimum atomic E-state index is 0.599. The topological polar surface area (TPSA) is 48.5 Å². The van der Waals surface area contributed by atoms with E-state index in [9.17, 15) is 0 Å². The second-order valence-corrected chi connectivity index (χ2v) is 13.1. The van der Waals surface area contributed by atoms with Gasteiger partial charge in [-0.1, -0.05) is 159 Å². The van der Waals surface area contributed by atoms with Gasteiger partial charge >= 0.3 is 0 Å². The predicted octanol–water partition coefficient (Wildman–Crippen LogP) is 11.6. The van der Waals surface area contributed by atoms with Crippen molar-refractivity contribution in [3.63, 3.8) is 0 Å². The normalized spacial score (nSPS) is 11.4. The molecule has 0 bridgehead atoms. The minimum absolute atomic E-state index is 0.599. The molecule has 3 aromatic heterocycles. The van der Waals surface area contributed by atoms with Crippen LogP contribution in [0.2, 0.25) is 0 Å². The summed E-state index contributed by atoms with van der Waals surface area (Å²) in [4.78, 5) is 15.7. The van der Waals surface area contributed by atoms with Crippen LogP contribution in [0.3, 0.4) is 0 Å². The number of nitrogens with zero attached hydrogens (tertiary/aromatic N) is 5. The Hall–Kier alpha value is -6.59. The summed E-state index contributed by atoms with van der Waals surface area (Å²) < 4.78 is 4.62. The van der Waals surface area contributed by atoms with E-state index < -0.39 is 0 Å². The zero-order valence-corrected chi connectivity index (χ0v) is 29.2. The maximum absolute atomic E-state index is 5.26. The highest BCUT2D eigenvalue weighted by atomic mass is 15.2. The Morgan fingerprint density at radius 2 is 0.942 bits per heavy atom. The average molecular weight is 672 g/mol. The molecule has 0 unspecified atom stereocenters. The maximum atomic E-state index is 5.26. The highest BCUT2D eigenvalue weighted by Crippen LogP contribution is 2.37. The Morgan fingerprint density at radius 3 is 1.52 bits per heavy atom. The fourth-order valence-electron chi connectivity index (χ4n) is 7.41. The van der Waals surface area contributed by atoms with Crippen LogP contribution >= 0.6 is 0 Å². The molecule has 5 nitrogen and oxygen atoms in total. The molecule has 0 amide bonds. The fraction of sp³-hybridized carbons (Fsp3) is 0.0851. The van der Waals surface area contributed by atoms with Crippen LogP contribution in [0.5, 0.6) is 0 Å². The lowest BCUT2D eigenvalue weighted by Crippen LogP contribution is -2.08. The van der Waals surface area contributed by atoms with Crippen molar-refractivity contribution in [2.75, 3.05) is 0 Å². The van der Waals surface area contributed by atoms with Crippen LogP contribution in [-0.4, -0.2) is 24.1 Å². The molecule has 0 spiro atoms. The van der Waals surface area contributed by atoms with Crippen LogP contribution in [0.25, 0.3) is 78.5 Å². The maximum Gasteiger partial charge on any atom is 0.238 e. The molecule has 3 heterocycles. The molecule has 0 atom stereocenters. The van der Waals surface area contributed by atoms with Crippen molar-refractivity contribution in [2.45, 2.75) is 26.7 Å². The summed E-state index contributed by atoms with van der Waals surface area (Å²) in [5, 5.41) is 2.35. The number of benzene rings is 6. The quantitative estimate of drug-likeness (QED) is 0.162. The summed E-state index contributed by atoms with van der Waals surface area (Å²) in [6.07, 6.45) is 4.09. The second-order valence-electron chi connectivity index (χ2n) is 13.1. The Bertz CT molecular complexity index is 2570. The van der Waals surface area contributed by atoms with Crippen LogP contribution in [0.4, 0.5) is 0 Å². The van der Waals surface area contributed by atoms with Gasteiger partial charge in [0, 0.05) is 39.5 Å². The smallest absolute Gasteiger partial charge is 0.238 e. The van der Waals surface area contributed by atoms with Gasteiger partial charge in [-0.05, 0) is 52.8 Å². The summed E-state index contributed by atoms with van der Waals surface area (Å²) >= 11 is 0. The van der Waals surface area contributed by atoms with E-state index in [-0.39, 0.29) is 0 Å². The lowest BCUT2D eigenvalue weighted by Gasteiger charge is -2.15. The van der Waals surface area contributed by atoms with Crippen molar-refractivity contribution in [3.8, 4) is 56.7 Å². The number of rotatable bonds is 8. The van der Waals surface area contributed by atoms with Crippen LogP contribution < -0.4 is 0 Å². The van der Waals surface area contributed by atoms with Crippen molar-refractivity contribution >= 4 is 21.8 Å². The molecular weight excluding hydrogens is 635 g/mol. The van der Waals surface area contributed by atoms with Crippen LogP contribution in [0.15, 0.2) is 164 Å². The molecule has 0 radical (unpaired) electrons. The molecule has 0 aliphatic carbocycles. The lowest BCUT2D eigenvalue weighted by molar-refractivity contribution is 0.902. The number of para-hydroxylation sites is 2. The lowest BCUT2D eigenvalue weighted by atomic mass is 10.0. The Kier molecular flexibility index (Phi) is 8.01. The number of fused-ring (bicyclic) bond motifs is 3. The molecule has 0 aliphatic rings. The Balaban J connectivity index is 1.27. The summed E-state index contributed by atoms with van der Waals surface area (Å²) in [6, 6.07) is 55.2. The molecule has 0 saturated heterocycles. The first-order valence-corrected chi connectivity index (χ1v) is 18.0. The van der Waals surface area contributed by atoms with Crippen molar-refractivity contribution < 1.29 is 0 Å². The molecular formula is C47H37N5. The number of aromatic nitrogens is 5. The largest absolute Gasteiger partial charge is 0.318 e. The van der Waals surface area contributed by atoms with E-state index in [1.165, 1.54) is 38.8 Å². The van der Waals surface area contributed by atoms with Crippen molar-refractivity contribution in [3.05, 3.63) is 175 Å². The van der Waals surface area contributed by atoms with E-state index in [1.54, 1.807) is 0 Å². The van der Waals surface area contributed by atoms with Gasteiger partial charge in [-0.25, -0.2) is 4.98 Å². The third kappa shape index (κ3) is 5.48. The molecule has 250 valence electrons. The minimum Gasteiger partial charge on any atom is -0.318 e. The molecule has 0 saturated carbocycles. The van der Waals surface area contributed by atoms with Gasteiger partial charge in [0.1, 0.15) is 0 Å². The second kappa shape index (κ2) is 13.3. The number of hydrogen-bond acceptors (Lipinski definition) is 3. The monoisotopic (exact) mass is 671 g/mol. The van der Waals surface area contributed by atoms with Gasteiger partial charge in [0.2, 0.25) is 5.95 Å². The van der Waals surface area contributed by atoms with Gasteiger partial charge in [-0.2, -0.15) is 9.97 Å². The first kappa shape index (κ1) is 31.4. The third-order valence-electron chi connectivity index (χ3n) is 10.0. The highest BCUT2D eigenvalue weighted by molar-refractivity contribution is 6.10. The molecule has 0 N–H and O–H groups in total. The number of hydrogen-bond donors (Lipinski definition) is 0. The van der Waals surface area contributed by atoms with Crippen LogP contribution in [-0.2, 0) is 12.8 Å². The first-order chi connectivity index (χ1) is 25.7. The average Bonchev–Trinajstić information content (AvgIpc) is 3.76. The van der Waals surface area contributed by atoms with Gasteiger partial charge in [-0.15, -0.1) is 0 Å². The zero-order chi connectivity index (χ0) is 35.0. The van der Waals surface area contributed by atoms with Gasteiger partial charge in [0.25, 0.3) is 0 Å². The van der Waals surface area contributed by atoms with Crippen molar-refractivity contribution in [2.24, 2.45) is 0 Å². The predicted molar refractivity (Wildman–Crippen MR) is 214 cm³/mol. The molecule has 52 heavy (non-hydrogen) atoms. The summed E-state index contributed by atoms with van der Waals surface area (Å²) in [5.74, 6) is 1.86. The first-order valence-electron chi connectivity index (χ1n) is 18.0. The SMILES string of the molecule is CCc1ccccc1-n1cc2c3ccccc3n(-c3nc(-c4ccc(-c5ccccc5)cc4)nc(-c4ccc(-c5ccccc5)cc4)n3)c2c1CC. The van der Waals surface area contributed by atoms with E-state index in [0.29, 0.717) is 17.6 Å². The van der Waals surface area contributed by atoms with E-state index >= 15 is 0 Å². The van der Waals surface area contributed by atoms with Gasteiger partial charge < -0.3 is 4.57 Å². The summed E-state index contributed by atoms with van der Waals surface area (Å²) in [7, 11) is 0. The number of aryl methyl sites for hydroxylation is 2. The zero-order valence-electron chi connectivity index (χ0n) is 29.2. The van der Waals surface area contributed by atoms with E-state index in [4.69, 9.17) is 15.0 Å².